The molecule has 1 saturated carbocycles. The van der Waals surface area contributed by atoms with Gasteiger partial charge in [0, 0.05) is 0 Å². The minimum Gasteiger partial charge on any atom is -0.0882 e. The van der Waals surface area contributed by atoms with Crippen molar-refractivity contribution < 1.29 is 0 Å². The van der Waals surface area contributed by atoms with Gasteiger partial charge in [0.15, 0.2) is 0 Å². The summed E-state index contributed by atoms with van der Waals surface area (Å²) < 4.78 is 0. The molecule has 0 aromatic rings. The standard InChI is InChI=1S/C12H16/c1-2-4-12-10-7-5-9(6-8-10)11(12)3-1/h1,3,7,9,11-12H,2,4-6,8H2. The molecule has 4 rings (SSSR count). The lowest BCUT2D eigenvalue weighted by atomic mass is 9.61. The predicted octanol–water partition coefficient (Wildman–Crippen LogP) is 3.31. The van der Waals surface area contributed by atoms with E-state index in [0.717, 1.165) is 17.8 Å². The summed E-state index contributed by atoms with van der Waals surface area (Å²) in [6.45, 7) is 0. The maximum atomic E-state index is 2.54. The second kappa shape index (κ2) is 2.48. The zero-order chi connectivity index (χ0) is 7.97. The van der Waals surface area contributed by atoms with Crippen LogP contribution in [0.2, 0.25) is 0 Å². The molecule has 0 spiro atoms. The fourth-order valence-corrected chi connectivity index (χ4v) is 3.34. The molecule has 0 amide bonds. The molecule has 1 fully saturated rings. The summed E-state index contributed by atoms with van der Waals surface area (Å²) in [4.78, 5) is 0. The molecule has 2 bridgehead atoms. The highest BCUT2D eigenvalue weighted by Gasteiger charge is 2.37. The minimum atomic E-state index is 0.937. The number of allylic oxidation sites excluding steroid dienone is 4. The van der Waals surface area contributed by atoms with Gasteiger partial charge in [-0.2, -0.15) is 0 Å². The second-order valence-corrected chi connectivity index (χ2v) is 4.50. The topological polar surface area (TPSA) is 0 Å². The van der Waals surface area contributed by atoms with E-state index in [9.17, 15) is 0 Å². The molecule has 3 unspecified atom stereocenters. The van der Waals surface area contributed by atoms with Gasteiger partial charge in [0.1, 0.15) is 0 Å². The third-order valence-corrected chi connectivity index (χ3v) is 3.97. The molecular formula is C12H16. The number of hydrogen-bond acceptors (Lipinski definition) is 0. The first-order chi connectivity index (χ1) is 5.95. The summed E-state index contributed by atoms with van der Waals surface area (Å²) >= 11 is 0. The maximum absolute atomic E-state index is 2.54. The van der Waals surface area contributed by atoms with E-state index in [2.05, 4.69) is 18.2 Å². The Balaban J connectivity index is 1.99. The Morgan fingerprint density at radius 3 is 3.00 bits per heavy atom. The van der Waals surface area contributed by atoms with E-state index in [0.29, 0.717) is 0 Å². The van der Waals surface area contributed by atoms with Gasteiger partial charge < -0.3 is 0 Å². The van der Waals surface area contributed by atoms with Crippen LogP contribution < -0.4 is 0 Å². The van der Waals surface area contributed by atoms with Gasteiger partial charge in [-0.3, -0.25) is 0 Å². The van der Waals surface area contributed by atoms with Crippen molar-refractivity contribution in [3.05, 3.63) is 23.8 Å². The normalized spacial score (nSPS) is 44.0. The van der Waals surface area contributed by atoms with Gasteiger partial charge in [0.2, 0.25) is 0 Å². The lowest BCUT2D eigenvalue weighted by Crippen LogP contribution is -2.33. The third-order valence-electron chi connectivity index (χ3n) is 3.97. The molecule has 3 atom stereocenters. The van der Waals surface area contributed by atoms with Crippen LogP contribution in [-0.4, -0.2) is 0 Å². The van der Waals surface area contributed by atoms with E-state index in [1.807, 2.05) is 0 Å². The molecule has 4 aliphatic rings. The lowest BCUT2D eigenvalue weighted by molar-refractivity contribution is 0.212. The van der Waals surface area contributed by atoms with Gasteiger partial charge in [-0.1, -0.05) is 23.8 Å². The minimum absolute atomic E-state index is 0.937. The first kappa shape index (κ1) is 6.94. The summed E-state index contributed by atoms with van der Waals surface area (Å²) in [5.74, 6) is 2.90. The second-order valence-electron chi connectivity index (χ2n) is 4.50. The Kier molecular flexibility index (Phi) is 1.44. The van der Waals surface area contributed by atoms with Gasteiger partial charge in [0.25, 0.3) is 0 Å². The van der Waals surface area contributed by atoms with Crippen molar-refractivity contribution in [1.29, 1.82) is 0 Å². The van der Waals surface area contributed by atoms with Gasteiger partial charge in [-0.25, -0.2) is 0 Å². The van der Waals surface area contributed by atoms with Crippen LogP contribution in [0.15, 0.2) is 23.8 Å². The fraction of sp³-hybridized carbons (Fsp3) is 0.667. The molecule has 0 heteroatoms. The van der Waals surface area contributed by atoms with Crippen LogP contribution in [0.3, 0.4) is 0 Å². The first-order valence-electron chi connectivity index (χ1n) is 5.31. The van der Waals surface area contributed by atoms with E-state index in [1.54, 1.807) is 5.57 Å². The van der Waals surface area contributed by atoms with Crippen LogP contribution in [-0.2, 0) is 0 Å². The summed E-state index contributed by atoms with van der Waals surface area (Å²) in [5, 5.41) is 0. The molecule has 0 N–H and O–H groups in total. The SMILES string of the molecule is C1=CC2C3CC=C(CC3)C2CC1. The molecule has 0 heterocycles. The highest BCUT2D eigenvalue weighted by Crippen LogP contribution is 2.49. The van der Waals surface area contributed by atoms with Gasteiger partial charge in [-0.05, 0) is 49.9 Å². The zero-order valence-corrected chi connectivity index (χ0v) is 7.50. The van der Waals surface area contributed by atoms with Crippen molar-refractivity contribution in [3.63, 3.8) is 0 Å². The van der Waals surface area contributed by atoms with Crippen molar-refractivity contribution in [2.24, 2.45) is 17.8 Å². The largest absolute Gasteiger partial charge is 0.0882 e. The van der Waals surface area contributed by atoms with E-state index in [4.69, 9.17) is 0 Å². The average molecular weight is 160 g/mol. The maximum Gasteiger partial charge on any atom is -0.0135 e. The summed E-state index contributed by atoms with van der Waals surface area (Å²) in [5.41, 5.74) is 1.80. The van der Waals surface area contributed by atoms with Crippen molar-refractivity contribution in [2.45, 2.75) is 32.1 Å². The monoisotopic (exact) mass is 160 g/mol. The van der Waals surface area contributed by atoms with Crippen molar-refractivity contribution in [2.75, 3.05) is 0 Å². The van der Waals surface area contributed by atoms with E-state index >= 15 is 0 Å². The van der Waals surface area contributed by atoms with Crippen LogP contribution in [0.5, 0.6) is 0 Å². The smallest absolute Gasteiger partial charge is 0.0135 e. The Hall–Kier alpha value is -0.520. The number of rotatable bonds is 0. The molecule has 0 aromatic heterocycles. The Bertz CT molecular complexity index is 247. The highest BCUT2D eigenvalue weighted by atomic mass is 14.4. The van der Waals surface area contributed by atoms with Crippen LogP contribution in [0.1, 0.15) is 32.1 Å². The Morgan fingerprint density at radius 2 is 2.25 bits per heavy atom. The van der Waals surface area contributed by atoms with Gasteiger partial charge in [0.05, 0.1) is 0 Å². The van der Waals surface area contributed by atoms with Crippen LogP contribution >= 0.6 is 0 Å². The lowest BCUT2D eigenvalue weighted by Gasteiger charge is -2.44. The molecule has 0 aliphatic heterocycles. The van der Waals surface area contributed by atoms with E-state index in [-0.39, 0.29) is 0 Å². The number of fused-ring (bicyclic) bond motifs is 2. The van der Waals surface area contributed by atoms with Gasteiger partial charge >= 0.3 is 0 Å². The molecule has 0 nitrogen and oxygen atoms in total. The molecule has 64 valence electrons. The van der Waals surface area contributed by atoms with Crippen molar-refractivity contribution >= 4 is 0 Å². The average Bonchev–Trinajstić information content (AvgIpc) is 2.20. The molecule has 12 heavy (non-hydrogen) atoms. The molecule has 0 saturated heterocycles. The van der Waals surface area contributed by atoms with Crippen molar-refractivity contribution in [1.82, 2.24) is 0 Å². The van der Waals surface area contributed by atoms with Crippen LogP contribution in [0.4, 0.5) is 0 Å². The summed E-state index contributed by atoms with van der Waals surface area (Å²) in [6, 6.07) is 0. The van der Waals surface area contributed by atoms with E-state index < -0.39 is 0 Å². The van der Waals surface area contributed by atoms with Gasteiger partial charge in [-0.15, -0.1) is 0 Å². The predicted molar refractivity (Wildman–Crippen MR) is 50.8 cm³/mol. The Labute approximate surface area is 74.4 Å². The molecule has 0 radical (unpaired) electrons. The molecular weight excluding hydrogens is 144 g/mol. The summed E-state index contributed by atoms with van der Waals surface area (Å²) in [7, 11) is 0. The van der Waals surface area contributed by atoms with Crippen LogP contribution in [0.25, 0.3) is 0 Å². The number of hydrogen-bond donors (Lipinski definition) is 0. The quantitative estimate of drug-likeness (QED) is 0.477. The van der Waals surface area contributed by atoms with E-state index in [1.165, 1.54) is 32.1 Å². The van der Waals surface area contributed by atoms with Crippen molar-refractivity contribution in [3.8, 4) is 0 Å². The fourth-order valence-electron chi connectivity index (χ4n) is 3.34. The highest BCUT2D eigenvalue weighted by molar-refractivity contribution is 5.23. The first-order valence-corrected chi connectivity index (χ1v) is 5.31. The zero-order valence-electron chi connectivity index (χ0n) is 7.50. The Morgan fingerprint density at radius 1 is 1.25 bits per heavy atom. The molecule has 4 aliphatic carbocycles. The molecule has 0 aromatic carbocycles. The third kappa shape index (κ3) is 0.840. The summed E-state index contributed by atoms with van der Waals surface area (Å²) in [6.07, 6.45) is 14.5. The van der Waals surface area contributed by atoms with Crippen LogP contribution in [0, 0.1) is 17.8 Å².